The van der Waals surface area contributed by atoms with E-state index < -0.39 is 4.92 Å². The van der Waals surface area contributed by atoms with Crippen molar-refractivity contribution < 1.29 is 18.9 Å². The van der Waals surface area contributed by atoms with Crippen molar-refractivity contribution in [2.24, 2.45) is 0 Å². The first-order chi connectivity index (χ1) is 17.0. The third kappa shape index (κ3) is 7.82. The highest BCUT2D eigenvalue weighted by Crippen LogP contribution is 2.13. The van der Waals surface area contributed by atoms with Gasteiger partial charge >= 0.3 is 0 Å². The van der Waals surface area contributed by atoms with Crippen molar-refractivity contribution in [1.29, 1.82) is 0 Å². The Balaban J connectivity index is 1.68. The zero-order valence-electron chi connectivity index (χ0n) is 19.3. The lowest BCUT2D eigenvalue weighted by atomic mass is 10.1. The number of amides is 2. The Kier molecular flexibility index (Phi) is 9.13. The number of benzene rings is 2. The number of rotatable bonds is 12. The van der Waals surface area contributed by atoms with Gasteiger partial charge < -0.3 is 14.2 Å². The molecule has 8 nitrogen and oxygen atoms in total. The average molecular weight is 474 g/mol. The van der Waals surface area contributed by atoms with Gasteiger partial charge in [0.2, 0.25) is 11.8 Å². The molecule has 2 aromatic carbocycles. The maximum absolute atomic E-state index is 13.2. The van der Waals surface area contributed by atoms with Crippen molar-refractivity contribution in [3.63, 3.8) is 0 Å². The molecule has 8 heteroatoms. The van der Waals surface area contributed by atoms with E-state index >= 15 is 0 Å². The summed E-state index contributed by atoms with van der Waals surface area (Å²) in [5, 5.41) is 10.8. The second-order valence-corrected chi connectivity index (χ2v) is 7.82. The van der Waals surface area contributed by atoms with E-state index in [2.05, 4.69) is 6.58 Å². The molecule has 0 fully saturated rings. The molecule has 3 rings (SSSR count). The summed E-state index contributed by atoms with van der Waals surface area (Å²) in [6, 6.07) is 19.3. The fourth-order valence-electron chi connectivity index (χ4n) is 3.42. The van der Waals surface area contributed by atoms with E-state index in [0.717, 1.165) is 5.56 Å². The Labute approximate surface area is 203 Å². The van der Waals surface area contributed by atoms with Crippen LogP contribution in [-0.2, 0) is 22.6 Å². The van der Waals surface area contributed by atoms with Gasteiger partial charge in [0.05, 0.1) is 17.7 Å². The number of nitro groups is 1. The topological polar surface area (TPSA) is 96.9 Å². The van der Waals surface area contributed by atoms with Gasteiger partial charge in [-0.2, -0.15) is 0 Å². The maximum Gasteiger partial charge on any atom is 0.269 e. The smallest absolute Gasteiger partial charge is 0.269 e. The molecule has 0 aliphatic carbocycles. The van der Waals surface area contributed by atoms with E-state index in [4.69, 9.17) is 4.42 Å². The van der Waals surface area contributed by atoms with Crippen molar-refractivity contribution in [1.82, 2.24) is 9.80 Å². The van der Waals surface area contributed by atoms with Gasteiger partial charge in [0.1, 0.15) is 12.3 Å². The first kappa shape index (κ1) is 25.2. The minimum atomic E-state index is -0.484. The van der Waals surface area contributed by atoms with Gasteiger partial charge in [0, 0.05) is 31.3 Å². The van der Waals surface area contributed by atoms with Crippen molar-refractivity contribution in [3.8, 4) is 0 Å². The van der Waals surface area contributed by atoms with E-state index in [1.807, 2.05) is 36.4 Å². The van der Waals surface area contributed by atoms with E-state index in [0.29, 0.717) is 30.8 Å². The van der Waals surface area contributed by atoms with Gasteiger partial charge in [-0.15, -0.1) is 6.58 Å². The molecule has 2 amide bonds. The van der Waals surface area contributed by atoms with E-state index in [-0.39, 0.29) is 30.6 Å². The van der Waals surface area contributed by atoms with Crippen molar-refractivity contribution in [3.05, 3.63) is 119 Å². The molecule has 0 saturated heterocycles. The Hall–Kier alpha value is -4.46. The molecular formula is C27H27N3O5. The summed E-state index contributed by atoms with van der Waals surface area (Å²) in [6.45, 7) is 4.54. The van der Waals surface area contributed by atoms with Gasteiger partial charge in [0.25, 0.3) is 5.69 Å². The van der Waals surface area contributed by atoms with E-state index in [1.165, 1.54) is 23.1 Å². The largest absolute Gasteiger partial charge is 0.467 e. The van der Waals surface area contributed by atoms with Crippen LogP contribution >= 0.6 is 0 Å². The first-order valence-corrected chi connectivity index (χ1v) is 11.1. The Morgan fingerprint density at radius 1 is 1.00 bits per heavy atom. The molecule has 0 unspecified atom stereocenters. The average Bonchev–Trinajstić information content (AvgIpc) is 3.39. The SMILES string of the molecule is C=CCN(CC(=O)N(CCc1ccccc1)Cc1ccco1)C(=O)C=Cc1ccc([N+](=O)[O-])cc1. The monoisotopic (exact) mass is 473 g/mol. The fraction of sp³-hybridized carbons (Fsp3) is 0.185. The molecule has 3 aromatic rings. The maximum atomic E-state index is 13.2. The third-order valence-electron chi connectivity index (χ3n) is 5.30. The van der Waals surface area contributed by atoms with Gasteiger partial charge in [-0.1, -0.05) is 36.4 Å². The Morgan fingerprint density at radius 2 is 1.74 bits per heavy atom. The molecule has 0 spiro atoms. The molecule has 0 N–H and O–H groups in total. The van der Waals surface area contributed by atoms with Crippen LogP contribution in [0.25, 0.3) is 6.08 Å². The first-order valence-electron chi connectivity index (χ1n) is 11.1. The lowest BCUT2D eigenvalue weighted by Crippen LogP contribution is -2.43. The summed E-state index contributed by atoms with van der Waals surface area (Å²) in [4.78, 5) is 39.4. The lowest BCUT2D eigenvalue weighted by Gasteiger charge is -2.26. The van der Waals surface area contributed by atoms with Gasteiger partial charge in [0.15, 0.2) is 0 Å². The molecule has 1 aromatic heterocycles. The molecular weight excluding hydrogens is 446 g/mol. The van der Waals surface area contributed by atoms with Crippen LogP contribution in [0.5, 0.6) is 0 Å². The number of nitro benzene ring substituents is 1. The number of nitrogens with zero attached hydrogens (tertiary/aromatic N) is 3. The zero-order valence-corrected chi connectivity index (χ0v) is 19.3. The second-order valence-electron chi connectivity index (χ2n) is 7.82. The summed E-state index contributed by atoms with van der Waals surface area (Å²) in [6.07, 6.45) is 6.70. The summed E-state index contributed by atoms with van der Waals surface area (Å²) in [5.41, 5.74) is 1.71. The van der Waals surface area contributed by atoms with Gasteiger partial charge in [-0.3, -0.25) is 19.7 Å². The number of hydrogen-bond donors (Lipinski definition) is 0. The molecule has 0 radical (unpaired) electrons. The van der Waals surface area contributed by atoms with Crippen molar-refractivity contribution in [2.45, 2.75) is 13.0 Å². The van der Waals surface area contributed by atoms with E-state index in [1.54, 1.807) is 41.5 Å². The molecule has 1 heterocycles. The summed E-state index contributed by atoms with van der Waals surface area (Å²) >= 11 is 0. The standard InChI is InChI=1S/C27H27N3O5/c1-2-17-28(26(31)15-12-23-10-13-24(14-11-23)30(33)34)21-27(32)29(20-25-9-6-19-35-25)18-16-22-7-4-3-5-8-22/h2-15,19H,1,16-18,20-21H2. The van der Waals surface area contributed by atoms with Gasteiger partial charge in [-0.05, 0) is 47.9 Å². The minimum Gasteiger partial charge on any atom is -0.467 e. The van der Waals surface area contributed by atoms with Crippen LogP contribution < -0.4 is 0 Å². The predicted octanol–water partition coefficient (Wildman–Crippen LogP) is 4.49. The normalized spacial score (nSPS) is 10.7. The van der Waals surface area contributed by atoms with Crippen LogP contribution in [0, 0.1) is 10.1 Å². The van der Waals surface area contributed by atoms with Crippen LogP contribution in [0.4, 0.5) is 5.69 Å². The number of non-ortho nitro benzene ring substituents is 1. The van der Waals surface area contributed by atoms with Crippen LogP contribution in [0.2, 0.25) is 0 Å². The summed E-state index contributed by atoms with van der Waals surface area (Å²) in [5.74, 6) is 0.0833. The van der Waals surface area contributed by atoms with E-state index in [9.17, 15) is 19.7 Å². The van der Waals surface area contributed by atoms with Crippen LogP contribution in [-0.4, -0.2) is 46.2 Å². The molecule has 180 valence electrons. The second kappa shape index (κ2) is 12.7. The zero-order chi connectivity index (χ0) is 25.0. The highest BCUT2D eigenvalue weighted by Gasteiger charge is 2.20. The predicted molar refractivity (Wildman–Crippen MR) is 133 cm³/mol. The number of carbonyl (C=O) groups is 2. The third-order valence-corrected chi connectivity index (χ3v) is 5.30. The molecule has 0 aliphatic heterocycles. The molecule has 35 heavy (non-hydrogen) atoms. The molecule has 0 atom stereocenters. The van der Waals surface area contributed by atoms with Crippen LogP contribution in [0.15, 0.2) is 96.1 Å². The minimum absolute atomic E-state index is 0.0282. The summed E-state index contributed by atoms with van der Waals surface area (Å²) in [7, 11) is 0. The summed E-state index contributed by atoms with van der Waals surface area (Å²) < 4.78 is 5.43. The van der Waals surface area contributed by atoms with Crippen molar-refractivity contribution >= 4 is 23.6 Å². The molecule has 0 aliphatic rings. The fourth-order valence-corrected chi connectivity index (χ4v) is 3.42. The Bertz CT molecular complexity index is 1160. The molecule has 0 bridgehead atoms. The Morgan fingerprint density at radius 3 is 2.37 bits per heavy atom. The van der Waals surface area contributed by atoms with Crippen LogP contribution in [0.1, 0.15) is 16.9 Å². The molecule has 0 saturated carbocycles. The highest BCUT2D eigenvalue weighted by molar-refractivity contribution is 5.94. The van der Waals surface area contributed by atoms with Crippen LogP contribution in [0.3, 0.4) is 0 Å². The quantitative estimate of drug-likeness (QED) is 0.167. The highest BCUT2D eigenvalue weighted by atomic mass is 16.6. The number of carbonyl (C=O) groups excluding carboxylic acids is 2. The number of furan rings is 1. The van der Waals surface area contributed by atoms with Crippen molar-refractivity contribution in [2.75, 3.05) is 19.6 Å². The number of hydrogen-bond acceptors (Lipinski definition) is 5. The van der Waals surface area contributed by atoms with Gasteiger partial charge in [-0.25, -0.2) is 0 Å². The lowest BCUT2D eigenvalue weighted by molar-refractivity contribution is -0.384.